The number of amides is 1. The Morgan fingerprint density at radius 3 is 2.43 bits per heavy atom. The molecule has 3 rings (SSSR count). The van der Waals surface area contributed by atoms with Gasteiger partial charge in [0.25, 0.3) is 5.56 Å². The summed E-state index contributed by atoms with van der Waals surface area (Å²) in [6, 6.07) is 11.4. The van der Waals surface area contributed by atoms with Gasteiger partial charge in [-0.05, 0) is 32.0 Å². The molecule has 146 valence electrons. The van der Waals surface area contributed by atoms with E-state index in [0.717, 1.165) is 0 Å². The van der Waals surface area contributed by atoms with Crippen LogP contribution < -0.4 is 5.56 Å². The maximum Gasteiger partial charge on any atom is 0.274 e. The van der Waals surface area contributed by atoms with Crippen LogP contribution in [0.1, 0.15) is 25.1 Å². The Morgan fingerprint density at radius 2 is 1.79 bits per heavy atom. The lowest BCUT2D eigenvalue weighted by Gasteiger charge is -2.19. The van der Waals surface area contributed by atoms with Gasteiger partial charge in [0, 0.05) is 29.1 Å². The summed E-state index contributed by atoms with van der Waals surface area (Å²) in [5, 5.41) is 5.69. The van der Waals surface area contributed by atoms with Crippen LogP contribution >= 0.6 is 11.6 Å². The fourth-order valence-corrected chi connectivity index (χ4v) is 3.43. The number of halogens is 2. The maximum atomic E-state index is 14.2. The summed E-state index contributed by atoms with van der Waals surface area (Å²) in [4.78, 5) is 27.2. The van der Waals surface area contributed by atoms with Crippen LogP contribution in [0.3, 0.4) is 0 Å². The minimum atomic E-state index is -0.505. The van der Waals surface area contributed by atoms with E-state index in [1.807, 2.05) is 13.8 Å². The SMILES string of the molecule is CCN(CC)C(=O)Cc1nn(Cc2c(F)cccc2Cl)c(=O)c2ccccc12. The number of nitrogens with zero attached hydrogens (tertiary/aromatic N) is 3. The topological polar surface area (TPSA) is 55.2 Å². The van der Waals surface area contributed by atoms with Crippen molar-refractivity contribution in [3.8, 4) is 0 Å². The molecule has 0 unspecified atom stereocenters. The summed E-state index contributed by atoms with van der Waals surface area (Å²) in [7, 11) is 0. The van der Waals surface area contributed by atoms with E-state index in [4.69, 9.17) is 11.6 Å². The number of benzene rings is 2. The number of carbonyl (C=O) groups is 1. The van der Waals surface area contributed by atoms with Gasteiger partial charge in [-0.2, -0.15) is 5.10 Å². The van der Waals surface area contributed by atoms with Crippen LogP contribution in [0, 0.1) is 5.82 Å². The smallest absolute Gasteiger partial charge is 0.274 e. The largest absolute Gasteiger partial charge is 0.343 e. The van der Waals surface area contributed by atoms with Gasteiger partial charge in [-0.1, -0.05) is 35.9 Å². The molecule has 0 saturated carbocycles. The molecule has 0 N–H and O–H groups in total. The Labute approximate surface area is 167 Å². The van der Waals surface area contributed by atoms with Gasteiger partial charge >= 0.3 is 0 Å². The number of hydrogen-bond acceptors (Lipinski definition) is 3. The van der Waals surface area contributed by atoms with Crippen LogP contribution in [-0.2, 0) is 17.8 Å². The third-order valence-electron chi connectivity index (χ3n) is 4.75. The second kappa shape index (κ2) is 8.52. The Bertz CT molecular complexity index is 1060. The lowest BCUT2D eigenvalue weighted by atomic mass is 10.1. The van der Waals surface area contributed by atoms with Crippen molar-refractivity contribution in [1.29, 1.82) is 0 Å². The minimum absolute atomic E-state index is 0.0630. The predicted molar refractivity (Wildman–Crippen MR) is 108 cm³/mol. The number of rotatable bonds is 6. The van der Waals surface area contributed by atoms with E-state index in [9.17, 15) is 14.0 Å². The fraction of sp³-hybridized carbons (Fsp3) is 0.286. The van der Waals surface area contributed by atoms with Crippen LogP contribution in [0.15, 0.2) is 47.3 Å². The van der Waals surface area contributed by atoms with E-state index < -0.39 is 5.82 Å². The lowest BCUT2D eigenvalue weighted by molar-refractivity contribution is -0.130. The van der Waals surface area contributed by atoms with Gasteiger partial charge in [-0.25, -0.2) is 9.07 Å². The number of aromatic nitrogens is 2. The molecular formula is C21H21ClFN3O2. The van der Waals surface area contributed by atoms with Gasteiger partial charge in [0.15, 0.2) is 0 Å². The zero-order valence-corrected chi connectivity index (χ0v) is 16.5. The van der Waals surface area contributed by atoms with E-state index in [2.05, 4.69) is 5.10 Å². The summed E-state index contributed by atoms with van der Waals surface area (Å²) in [5.74, 6) is -0.577. The molecule has 0 aliphatic heterocycles. The fourth-order valence-electron chi connectivity index (χ4n) is 3.21. The highest BCUT2D eigenvalue weighted by Crippen LogP contribution is 2.20. The van der Waals surface area contributed by atoms with E-state index in [1.54, 1.807) is 35.2 Å². The van der Waals surface area contributed by atoms with Crippen molar-refractivity contribution in [1.82, 2.24) is 14.7 Å². The van der Waals surface area contributed by atoms with E-state index >= 15 is 0 Å². The van der Waals surface area contributed by atoms with Crippen LogP contribution in [0.2, 0.25) is 5.02 Å². The van der Waals surface area contributed by atoms with Crippen LogP contribution in [0.5, 0.6) is 0 Å². The molecule has 1 aromatic heterocycles. The first-order valence-corrected chi connectivity index (χ1v) is 9.53. The van der Waals surface area contributed by atoms with Crippen molar-refractivity contribution in [2.75, 3.05) is 13.1 Å². The summed E-state index contributed by atoms with van der Waals surface area (Å²) in [5.41, 5.74) is 0.323. The third kappa shape index (κ3) is 3.92. The van der Waals surface area contributed by atoms with Crippen LogP contribution in [0.4, 0.5) is 4.39 Å². The van der Waals surface area contributed by atoms with Crippen LogP contribution in [-0.4, -0.2) is 33.7 Å². The van der Waals surface area contributed by atoms with Gasteiger partial charge in [-0.3, -0.25) is 9.59 Å². The molecule has 7 heteroatoms. The van der Waals surface area contributed by atoms with Crippen molar-refractivity contribution in [3.63, 3.8) is 0 Å². The standard InChI is InChI=1S/C21H21ClFN3O2/c1-3-25(4-2)20(27)12-19-14-8-5-6-9-15(14)21(28)26(24-19)13-16-17(22)10-7-11-18(16)23/h5-11H,3-4,12-13H2,1-2H3. The summed E-state index contributed by atoms with van der Waals surface area (Å²) < 4.78 is 15.4. The van der Waals surface area contributed by atoms with E-state index in [-0.39, 0.29) is 35.0 Å². The molecule has 0 aliphatic rings. The third-order valence-corrected chi connectivity index (χ3v) is 5.10. The number of likely N-dealkylation sites (N-methyl/N-ethyl adjacent to an activating group) is 1. The molecule has 1 amide bonds. The first-order valence-electron chi connectivity index (χ1n) is 9.15. The highest BCUT2D eigenvalue weighted by Gasteiger charge is 2.18. The van der Waals surface area contributed by atoms with Gasteiger partial charge in [0.2, 0.25) is 5.91 Å². The quantitative estimate of drug-likeness (QED) is 0.633. The average molecular weight is 402 g/mol. The molecule has 0 radical (unpaired) electrons. The monoisotopic (exact) mass is 401 g/mol. The highest BCUT2D eigenvalue weighted by atomic mass is 35.5. The Kier molecular flexibility index (Phi) is 6.09. The number of hydrogen-bond donors (Lipinski definition) is 0. The Morgan fingerprint density at radius 1 is 1.11 bits per heavy atom. The second-order valence-corrected chi connectivity index (χ2v) is 6.81. The molecular weight excluding hydrogens is 381 g/mol. The Hall–Kier alpha value is -2.73. The molecule has 3 aromatic rings. The lowest BCUT2D eigenvalue weighted by Crippen LogP contribution is -2.33. The Balaban J connectivity index is 2.10. The number of fused-ring (bicyclic) bond motifs is 1. The van der Waals surface area contributed by atoms with Crippen molar-refractivity contribution in [3.05, 3.63) is 74.9 Å². The summed E-state index contributed by atoms with van der Waals surface area (Å²) in [6.45, 7) is 4.90. The van der Waals surface area contributed by atoms with Gasteiger partial charge < -0.3 is 4.90 Å². The molecule has 0 saturated heterocycles. The highest BCUT2D eigenvalue weighted by molar-refractivity contribution is 6.31. The molecule has 0 atom stereocenters. The predicted octanol–water partition coefficient (Wildman–Crippen LogP) is 3.65. The van der Waals surface area contributed by atoms with E-state index in [0.29, 0.717) is 29.6 Å². The van der Waals surface area contributed by atoms with Gasteiger partial charge in [0.05, 0.1) is 24.0 Å². The van der Waals surface area contributed by atoms with E-state index in [1.165, 1.54) is 16.8 Å². The zero-order chi connectivity index (χ0) is 20.3. The molecule has 28 heavy (non-hydrogen) atoms. The molecule has 0 aliphatic carbocycles. The van der Waals surface area contributed by atoms with Gasteiger partial charge in [0.1, 0.15) is 5.82 Å². The van der Waals surface area contributed by atoms with Crippen molar-refractivity contribution >= 4 is 28.3 Å². The molecule has 0 spiro atoms. The molecule has 0 fully saturated rings. The molecule has 0 bridgehead atoms. The minimum Gasteiger partial charge on any atom is -0.343 e. The summed E-state index contributed by atoms with van der Waals surface area (Å²) >= 11 is 6.11. The molecule has 1 heterocycles. The van der Waals surface area contributed by atoms with Crippen LogP contribution in [0.25, 0.3) is 10.8 Å². The van der Waals surface area contributed by atoms with Gasteiger partial charge in [-0.15, -0.1) is 0 Å². The maximum absolute atomic E-state index is 14.2. The normalized spacial score (nSPS) is 11.0. The first kappa shape index (κ1) is 20.0. The second-order valence-electron chi connectivity index (χ2n) is 6.40. The summed E-state index contributed by atoms with van der Waals surface area (Å²) in [6.07, 6.45) is 0.0630. The molecule has 2 aromatic carbocycles. The average Bonchev–Trinajstić information content (AvgIpc) is 2.69. The molecule has 5 nitrogen and oxygen atoms in total. The number of carbonyl (C=O) groups excluding carboxylic acids is 1. The van der Waals surface area contributed by atoms with Crippen molar-refractivity contribution in [2.24, 2.45) is 0 Å². The zero-order valence-electron chi connectivity index (χ0n) is 15.8. The van der Waals surface area contributed by atoms with Crippen molar-refractivity contribution < 1.29 is 9.18 Å². The first-order chi connectivity index (χ1) is 13.5. The van der Waals surface area contributed by atoms with Crippen molar-refractivity contribution in [2.45, 2.75) is 26.8 Å².